The summed E-state index contributed by atoms with van der Waals surface area (Å²) < 4.78 is 30.8. The van der Waals surface area contributed by atoms with Crippen molar-refractivity contribution in [3.63, 3.8) is 0 Å². The molecule has 1 unspecified atom stereocenters. The predicted octanol–water partition coefficient (Wildman–Crippen LogP) is 2.88. The molecule has 1 aliphatic carbocycles. The Morgan fingerprint density at radius 2 is 2.36 bits per heavy atom. The molecule has 0 amide bonds. The molecule has 1 aromatic rings. The van der Waals surface area contributed by atoms with Crippen molar-refractivity contribution in [2.45, 2.75) is 12.3 Å². The molecular weight excluding hydrogens is 256 g/mol. The lowest BCUT2D eigenvalue weighted by Crippen LogP contribution is -2.06. The van der Waals surface area contributed by atoms with Gasteiger partial charge in [-0.3, -0.25) is 0 Å². The summed E-state index contributed by atoms with van der Waals surface area (Å²) in [5.41, 5.74) is 0. The van der Waals surface area contributed by atoms with Gasteiger partial charge in [0, 0.05) is 12.6 Å². The van der Waals surface area contributed by atoms with E-state index in [-0.39, 0.29) is 13.0 Å². The topological polar surface area (TPSA) is 22.1 Å². The van der Waals surface area contributed by atoms with Crippen molar-refractivity contribution in [3.8, 4) is 5.88 Å². The lowest BCUT2D eigenvalue weighted by atomic mass is 10.4. The summed E-state index contributed by atoms with van der Waals surface area (Å²) in [6, 6.07) is 3.50. The molecule has 0 spiro atoms. The van der Waals surface area contributed by atoms with Gasteiger partial charge < -0.3 is 4.74 Å². The van der Waals surface area contributed by atoms with Gasteiger partial charge >= 0.3 is 0 Å². The van der Waals surface area contributed by atoms with Gasteiger partial charge in [0.2, 0.25) is 5.88 Å². The van der Waals surface area contributed by atoms with Crippen LogP contribution in [0.15, 0.2) is 22.8 Å². The molecule has 1 aliphatic rings. The van der Waals surface area contributed by atoms with Crippen molar-refractivity contribution in [3.05, 3.63) is 22.8 Å². The molecule has 76 valence electrons. The fraction of sp³-hybridized carbons (Fsp3) is 0.444. The third kappa shape index (κ3) is 2.03. The molecule has 14 heavy (non-hydrogen) atoms. The second kappa shape index (κ2) is 3.46. The van der Waals surface area contributed by atoms with Crippen LogP contribution in [-0.2, 0) is 0 Å². The van der Waals surface area contributed by atoms with Gasteiger partial charge in [-0.2, -0.15) is 0 Å². The average molecular weight is 264 g/mol. The summed E-state index contributed by atoms with van der Waals surface area (Å²) in [5, 5.41) is 0. The highest BCUT2D eigenvalue weighted by Gasteiger charge is 2.57. The van der Waals surface area contributed by atoms with Crippen LogP contribution in [0.3, 0.4) is 0 Å². The monoisotopic (exact) mass is 263 g/mol. The van der Waals surface area contributed by atoms with Crippen LogP contribution in [0.4, 0.5) is 8.78 Å². The van der Waals surface area contributed by atoms with E-state index in [1.807, 2.05) is 0 Å². The van der Waals surface area contributed by atoms with Crippen molar-refractivity contribution in [1.29, 1.82) is 0 Å². The van der Waals surface area contributed by atoms with E-state index in [4.69, 9.17) is 4.74 Å². The highest BCUT2D eigenvalue weighted by Crippen LogP contribution is 2.48. The van der Waals surface area contributed by atoms with Crippen molar-refractivity contribution < 1.29 is 13.5 Å². The van der Waals surface area contributed by atoms with E-state index in [1.54, 1.807) is 18.3 Å². The largest absolute Gasteiger partial charge is 0.476 e. The Balaban J connectivity index is 1.90. The Kier molecular flexibility index (Phi) is 2.43. The highest BCUT2D eigenvalue weighted by molar-refractivity contribution is 9.10. The van der Waals surface area contributed by atoms with Gasteiger partial charge in [-0.05, 0) is 28.1 Å². The molecule has 0 bridgehead atoms. The Bertz CT molecular complexity index is 345. The first-order valence-electron chi connectivity index (χ1n) is 4.21. The van der Waals surface area contributed by atoms with Crippen LogP contribution in [0.25, 0.3) is 0 Å². The molecule has 0 aromatic carbocycles. The van der Waals surface area contributed by atoms with Crippen LogP contribution >= 0.6 is 15.9 Å². The van der Waals surface area contributed by atoms with Crippen molar-refractivity contribution in [1.82, 2.24) is 4.98 Å². The third-order valence-corrected chi connectivity index (χ3v) is 2.71. The number of ether oxygens (including phenoxy) is 1. The average Bonchev–Trinajstić information content (AvgIpc) is 2.73. The van der Waals surface area contributed by atoms with Gasteiger partial charge in [-0.1, -0.05) is 0 Å². The second-order valence-electron chi connectivity index (χ2n) is 3.26. The molecule has 1 fully saturated rings. The van der Waals surface area contributed by atoms with Gasteiger partial charge in [0.15, 0.2) is 0 Å². The standard InChI is InChI=1S/C9H8BrF2NO/c10-7-2-1-3-13-8(7)14-5-6-4-9(6,11)12/h1-3,6H,4-5H2. The summed E-state index contributed by atoms with van der Waals surface area (Å²) >= 11 is 3.22. The number of halogens is 3. The molecule has 2 rings (SSSR count). The van der Waals surface area contributed by atoms with Crippen LogP contribution in [0.1, 0.15) is 6.42 Å². The van der Waals surface area contributed by atoms with E-state index in [0.717, 1.165) is 0 Å². The summed E-state index contributed by atoms with van der Waals surface area (Å²) in [4.78, 5) is 3.91. The van der Waals surface area contributed by atoms with E-state index < -0.39 is 11.8 Å². The number of hydrogen-bond acceptors (Lipinski definition) is 2. The summed E-state index contributed by atoms with van der Waals surface area (Å²) in [5.74, 6) is -2.80. The zero-order valence-electron chi connectivity index (χ0n) is 7.21. The maximum atomic E-state index is 12.5. The number of pyridine rings is 1. The molecule has 0 radical (unpaired) electrons. The molecule has 0 aliphatic heterocycles. The van der Waals surface area contributed by atoms with Crippen molar-refractivity contribution in [2.75, 3.05) is 6.61 Å². The first-order valence-corrected chi connectivity index (χ1v) is 5.00. The van der Waals surface area contributed by atoms with Gasteiger partial charge in [0.05, 0.1) is 17.0 Å². The van der Waals surface area contributed by atoms with Crippen LogP contribution < -0.4 is 4.74 Å². The maximum Gasteiger partial charge on any atom is 0.255 e. The minimum Gasteiger partial charge on any atom is -0.476 e. The zero-order valence-corrected chi connectivity index (χ0v) is 8.80. The summed E-state index contributed by atoms with van der Waals surface area (Å²) in [6.07, 6.45) is 1.49. The van der Waals surface area contributed by atoms with E-state index >= 15 is 0 Å². The quantitative estimate of drug-likeness (QED) is 0.837. The molecule has 5 heteroatoms. The lowest BCUT2D eigenvalue weighted by Gasteiger charge is -2.05. The first kappa shape index (κ1) is 9.83. The molecular formula is C9H8BrF2NO. The van der Waals surface area contributed by atoms with Gasteiger partial charge in [-0.15, -0.1) is 0 Å². The molecule has 1 aromatic heterocycles. The van der Waals surface area contributed by atoms with E-state index in [1.165, 1.54) is 0 Å². The number of alkyl halides is 2. The maximum absolute atomic E-state index is 12.5. The van der Waals surface area contributed by atoms with Crippen LogP contribution in [0.2, 0.25) is 0 Å². The van der Waals surface area contributed by atoms with E-state index in [2.05, 4.69) is 20.9 Å². The van der Waals surface area contributed by atoms with Crippen LogP contribution in [0, 0.1) is 5.92 Å². The smallest absolute Gasteiger partial charge is 0.255 e. The van der Waals surface area contributed by atoms with E-state index in [0.29, 0.717) is 10.4 Å². The molecule has 0 saturated heterocycles. The van der Waals surface area contributed by atoms with Crippen molar-refractivity contribution in [2.24, 2.45) is 5.92 Å². The number of aromatic nitrogens is 1. The fourth-order valence-electron chi connectivity index (χ4n) is 1.11. The zero-order chi connectivity index (χ0) is 10.2. The minimum atomic E-state index is -2.53. The molecule has 0 N–H and O–H groups in total. The molecule has 2 nitrogen and oxygen atoms in total. The molecule has 1 atom stereocenters. The fourth-order valence-corrected chi connectivity index (χ4v) is 1.48. The number of nitrogens with zero attached hydrogens (tertiary/aromatic N) is 1. The summed E-state index contributed by atoms with van der Waals surface area (Å²) in [6.45, 7) is 0.0304. The molecule has 1 saturated carbocycles. The first-order chi connectivity index (χ1) is 6.59. The van der Waals surface area contributed by atoms with Gasteiger partial charge in [0.1, 0.15) is 0 Å². The number of rotatable bonds is 3. The van der Waals surface area contributed by atoms with Gasteiger partial charge in [0.25, 0.3) is 5.92 Å². The second-order valence-corrected chi connectivity index (χ2v) is 4.12. The lowest BCUT2D eigenvalue weighted by molar-refractivity contribution is 0.0848. The Morgan fingerprint density at radius 1 is 1.64 bits per heavy atom. The van der Waals surface area contributed by atoms with Gasteiger partial charge in [-0.25, -0.2) is 13.8 Å². The third-order valence-electron chi connectivity index (χ3n) is 2.10. The van der Waals surface area contributed by atoms with Crippen LogP contribution in [0.5, 0.6) is 5.88 Å². The highest BCUT2D eigenvalue weighted by atomic mass is 79.9. The predicted molar refractivity (Wildman–Crippen MR) is 50.5 cm³/mol. The van der Waals surface area contributed by atoms with Crippen molar-refractivity contribution >= 4 is 15.9 Å². The summed E-state index contributed by atoms with van der Waals surface area (Å²) in [7, 11) is 0. The Morgan fingerprint density at radius 3 is 2.93 bits per heavy atom. The normalized spacial score (nSPS) is 23.2. The SMILES string of the molecule is FC1(F)CC1COc1ncccc1Br. The number of hydrogen-bond donors (Lipinski definition) is 0. The van der Waals surface area contributed by atoms with E-state index in [9.17, 15) is 8.78 Å². The minimum absolute atomic E-state index is 0.0304. The Hall–Kier alpha value is -0.710. The molecule has 1 heterocycles. The Labute approximate surface area is 88.4 Å². The van der Waals surface area contributed by atoms with Crippen LogP contribution in [-0.4, -0.2) is 17.5 Å².